The van der Waals surface area contributed by atoms with Gasteiger partial charge in [0.05, 0.1) is 6.04 Å². The van der Waals surface area contributed by atoms with Crippen LogP contribution in [0.5, 0.6) is 5.75 Å². The molecule has 0 heterocycles. The molecule has 0 aliphatic heterocycles. The van der Waals surface area contributed by atoms with E-state index in [-0.39, 0.29) is 17.8 Å². The molecular formula is C23H22FNO2. The van der Waals surface area contributed by atoms with Gasteiger partial charge < -0.3 is 10.1 Å². The molecule has 0 aliphatic rings. The van der Waals surface area contributed by atoms with E-state index in [1.807, 2.05) is 61.5 Å². The molecule has 1 N–H and O–H groups in total. The number of aryl methyl sites for hydroxylation is 1. The van der Waals surface area contributed by atoms with Crippen LogP contribution in [0.25, 0.3) is 0 Å². The van der Waals surface area contributed by atoms with Crippen LogP contribution in [-0.4, -0.2) is 12.0 Å². The molecule has 2 unspecified atom stereocenters. The van der Waals surface area contributed by atoms with Crippen molar-refractivity contribution in [3.63, 3.8) is 0 Å². The maximum absolute atomic E-state index is 13.0. The van der Waals surface area contributed by atoms with E-state index in [9.17, 15) is 9.18 Å². The number of amides is 1. The van der Waals surface area contributed by atoms with E-state index in [0.717, 1.165) is 16.7 Å². The Labute approximate surface area is 158 Å². The van der Waals surface area contributed by atoms with Gasteiger partial charge in [0, 0.05) is 0 Å². The molecule has 0 saturated heterocycles. The van der Waals surface area contributed by atoms with Crippen molar-refractivity contribution in [1.29, 1.82) is 0 Å². The molecule has 0 aliphatic carbocycles. The van der Waals surface area contributed by atoms with E-state index in [1.54, 1.807) is 6.92 Å². The van der Waals surface area contributed by atoms with Crippen LogP contribution < -0.4 is 10.1 Å². The smallest absolute Gasteiger partial charge is 0.261 e. The standard InChI is InChI=1S/C23H22FNO2/c1-16-8-6-7-11-21(16)22(18-9-4-3-5-10-18)25-23(26)17(2)27-20-14-12-19(24)13-15-20/h3-15,17,22H,1-2H3,(H,25,26). The average molecular weight is 363 g/mol. The van der Waals surface area contributed by atoms with Crippen molar-refractivity contribution >= 4 is 5.91 Å². The number of carbonyl (C=O) groups is 1. The van der Waals surface area contributed by atoms with Crippen molar-refractivity contribution in [3.8, 4) is 5.75 Å². The molecule has 3 aromatic carbocycles. The van der Waals surface area contributed by atoms with Crippen LogP contribution in [0.2, 0.25) is 0 Å². The molecule has 0 aromatic heterocycles. The number of benzene rings is 3. The maximum Gasteiger partial charge on any atom is 0.261 e. The Morgan fingerprint density at radius 1 is 0.926 bits per heavy atom. The topological polar surface area (TPSA) is 38.3 Å². The normalized spacial score (nSPS) is 12.9. The van der Waals surface area contributed by atoms with Gasteiger partial charge in [0.15, 0.2) is 6.10 Å². The summed E-state index contributed by atoms with van der Waals surface area (Å²) < 4.78 is 18.7. The molecule has 0 spiro atoms. The van der Waals surface area contributed by atoms with Gasteiger partial charge in [-0.2, -0.15) is 0 Å². The molecule has 0 radical (unpaired) electrons. The third kappa shape index (κ3) is 4.73. The summed E-state index contributed by atoms with van der Waals surface area (Å²) in [6, 6.07) is 23.1. The van der Waals surface area contributed by atoms with Gasteiger partial charge in [0.1, 0.15) is 11.6 Å². The maximum atomic E-state index is 13.0. The SMILES string of the molecule is Cc1ccccc1C(NC(=O)C(C)Oc1ccc(F)cc1)c1ccccc1. The zero-order chi connectivity index (χ0) is 19.2. The molecular weight excluding hydrogens is 341 g/mol. The van der Waals surface area contributed by atoms with Gasteiger partial charge in [-0.1, -0.05) is 54.6 Å². The molecule has 138 valence electrons. The first-order valence-electron chi connectivity index (χ1n) is 8.87. The molecule has 0 saturated carbocycles. The fourth-order valence-corrected chi connectivity index (χ4v) is 2.93. The van der Waals surface area contributed by atoms with E-state index in [0.29, 0.717) is 5.75 Å². The average Bonchev–Trinajstić information content (AvgIpc) is 2.69. The van der Waals surface area contributed by atoms with E-state index in [1.165, 1.54) is 24.3 Å². The molecule has 3 aromatic rings. The summed E-state index contributed by atoms with van der Waals surface area (Å²) in [4.78, 5) is 12.8. The Bertz CT molecular complexity index is 894. The molecule has 27 heavy (non-hydrogen) atoms. The highest BCUT2D eigenvalue weighted by Gasteiger charge is 2.22. The number of halogens is 1. The van der Waals surface area contributed by atoms with Gasteiger partial charge in [-0.15, -0.1) is 0 Å². The van der Waals surface area contributed by atoms with E-state index < -0.39 is 6.10 Å². The van der Waals surface area contributed by atoms with Gasteiger partial charge in [-0.3, -0.25) is 4.79 Å². The number of hydrogen-bond donors (Lipinski definition) is 1. The summed E-state index contributed by atoms with van der Waals surface area (Å²) in [6.07, 6.45) is -0.717. The molecule has 1 amide bonds. The third-order valence-electron chi connectivity index (χ3n) is 4.41. The van der Waals surface area contributed by atoms with E-state index >= 15 is 0 Å². The van der Waals surface area contributed by atoms with Gasteiger partial charge in [0.25, 0.3) is 5.91 Å². The molecule has 2 atom stereocenters. The predicted octanol–water partition coefficient (Wildman–Crippen LogP) is 4.81. The summed E-state index contributed by atoms with van der Waals surface area (Å²) in [5.74, 6) is -0.134. The van der Waals surface area contributed by atoms with E-state index in [4.69, 9.17) is 4.74 Å². The quantitative estimate of drug-likeness (QED) is 0.683. The van der Waals surface area contributed by atoms with Crippen LogP contribution >= 0.6 is 0 Å². The van der Waals surface area contributed by atoms with Crippen LogP contribution in [0.1, 0.15) is 29.7 Å². The van der Waals surface area contributed by atoms with Crippen LogP contribution in [0, 0.1) is 12.7 Å². The number of ether oxygens (including phenoxy) is 1. The number of carbonyl (C=O) groups excluding carboxylic acids is 1. The molecule has 3 rings (SSSR count). The van der Waals surface area contributed by atoms with Gasteiger partial charge in [-0.25, -0.2) is 4.39 Å². The third-order valence-corrected chi connectivity index (χ3v) is 4.41. The summed E-state index contributed by atoms with van der Waals surface area (Å²) >= 11 is 0. The summed E-state index contributed by atoms with van der Waals surface area (Å²) in [5, 5.41) is 3.08. The first kappa shape index (κ1) is 18.6. The Morgan fingerprint density at radius 3 is 2.22 bits per heavy atom. The fourth-order valence-electron chi connectivity index (χ4n) is 2.93. The second kappa shape index (κ2) is 8.49. The number of rotatable bonds is 6. The van der Waals surface area contributed by atoms with Crippen molar-refractivity contribution in [1.82, 2.24) is 5.32 Å². The van der Waals surface area contributed by atoms with Gasteiger partial charge in [0.2, 0.25) is 0 Å². The van der Waals surface area contributed by atoms with E-state index in [2.05, 4.69) is 5.32 Å². The summed E-state index contributed by atoms with van der Waals surface area (Å²) in [7, 11) is 0. The second-order valence-electron chi connectivity index (χ2n) is 6.42. The predicted molar refractivity (Wildman–Crippen MR) is 104 cm³/mol. The first-order valence-corrected chi connectivity index (χ1v) is 8.87. The molecule has 4 heteroatoms. The zero-order valence-electron chi connectivity index (χ0n) is 15.4. The fraction of sp³-hybridized carbons (Fsp3) is 0.174. The highest BCUT2D eigenvalue weighted by atomic mass is 19.1. The molecule has 3 nitrogen and oxygen atoms in total. The zero-order valence-corrected chi connectivity index (χ0v) is 15.4. The Morgan fingerprint density at radius 2 is 1.56 bits per heavy atom. The molecule has 0 fully saturated rings. The highest BCUT2D eigenvalue weighted by Crippen LogP contribution is 2.25. The van der Waals surface area contributed by atoms with Crippen molar-refractivity contribution in [2.75, 3.05) is 0 Å². The summed E-state index contributed by atoms with van der Waals surface area (Å²) in [6.45, 7) is 3.70. The minimum atomic E-state index is -0.717. The Kier molecular flexibility index (Phi) is 5.87. The van der Waals surface area contributed by atoms with Gasteiger partial charge in [-0.05, 0) is 54.8 Å². The van der Waals surface area contributed by atoms with Crippen molar-refractivity contribution in [3.05, 3.63) is 101 Å². The lowest BCUT2D eigenvalue weighted by atomic mass is 9.95. The number of nitrogens with one attached hydrogen (secondary N) is 1. The largest absolute Gasteiger partial charge is 0.481 e. The molecule has 0 bridgehead atoms. The number of hydrogen-bond acceptors (Lipinski definition) is 2. The second-order valence-corrected chi connectivity index (χ2v) is 6.42. The van der Waals surface area contributed by atoms with Crippen LogP contribution in [0.4, 0.5) is 4.39 Å². The minimum Gasteiger partial charge on any atom is -0.481 e. The van der Waals surface area contributed by atoms with Crippen LogP contribution in [0.3, 0.4) is 0 Å². The lowest BCUT2D eigenvalue weighted by molar-refractivity contribution is -0.127. The van der Waals surface area contributed by atoms with Crippen LogP contribution in [-0.2, 0) is 4.79 Å². The minimum absolute atomic E-state index is 0.239. The lowest BCUT2D eigenvalue weighted by Gasteiger charge is -2.24. The van der Waals surface area contributed by atoms with Gasteiger partial charge >= 0.3 is 0 Å². The van der Waals surface area contributed by atoms with Crippen molar-refractivity contribution in [2.45, 2.75) is 26.0 Å². The Hall–Kier alpha value is -3.14. The monoisotopic (exact) mass is 363 g/mol. The van der Waals surface area contributed by atoms with Crippen molar-refractivity contribution in [2.24, 2.45) is 0 Å². The summed E-state index contributed by atoms with van der Waals surface area (Å²) in [5.41, 5.74) is 3.12. The van der Waals surface area contributed by atoms with Crippen molar-refractivity contribution < 1.29 is 13.9 Å². The highest BCUT2D eigenvalue weighted by molar-refractivity contribution is 5.81. The first-order chi connectivity index (χ1) is 13.0. The Balaban J connectivity index is 1.80. The van der Waals surface area contributed by atoms with Crippen LogP contribution in [0.15, 0.2) is 78.9 Å². The lowest BCUT2D eigenvalue weighted by Crippen LogP contribution is -2.39.